The monoisotopic (exact) mass is 926 g/mol. The fourth-order valence-electron chi connectivity index (χ4n) is 7.45. The number of nitriles is 1. The number of piperidine rings is 1. The van der Waals surface area contributed by atoms with Crippen LogP contribution in [0.2, 0.25) is 5.02 Å². The van der Waals surface area contributed by atoms with Gasteiger partial charge < -0.3 is 52.8 Å². The van der Waals surface area contributed by atoms with Crippen LogP contribution in [0, 0.1) is 17.2 Å². The molecule has 2 aliphatic rings. The molecule has 0 radical (unpaired) electrons. The fourth-order valence-corrected chi connectivity index (χ4v) is 7.69. The highest BCUT2D eigenvalue weighted by molar-refractivity contribution is 6.32. The van der Waals surface area contributed by atoms with Crippen LogP contribution in [0.4, 0.5) is 15.4 Å². The Morgan fingerprint density at radius 2 is 1.58 bits per heavy atom. The molecule has 0 bridgehead atoms. The van der Waals surface area contributed by atoms with Crippen molar-refractivity contribution in [2.24, 2.45) is 5.92 Å². The number of rotatable bonds is 14. The first kappa shape index (κ1) is 49.3. The second kappa shape index (κ2) is 21.8. The number of methoxy groups -OCH3 is 1. The van der Waals surface area contributed by atoms with E-state index < -0.39 is 66.7 Å². The second-order valence-electron chi connectivity index (χ2n) is 15.5. The molecule has 350 valence electrons. The highest BCUT2D eigenvalue weighted by atomic mass is 35.5. The Bertz CT molecular complexity index is 2320. The van der Waals surface area contributed by atoms with Crippen molar-refractivity contribution in [2.75, 3.05) is 59.3 Å². The van der Waals surface area contributed by atoms with E-state index in [9.17, 15) is 33.6 Å². The van der Waals surface area contributed by atoms with Gasteiger partial charge in [-0.1, -0.05) is 24.6 Å². The maximum absolute atomic E-state index is 13.6. The lowest BCUT2D eigenvalue weighted by atomic mass is 9.92. The first-order chi connectivity index (χ1) is 30.8. The Morgan fingerprint density at radius 1 is 0.923 bits per heavy atom. The summed E-state index contributed by atoms with van der Waals surface area (Å²) in [6, 6.07) is 7.53. The summed E-state index contributed by atoms with van der Waals surface area (Å²) in [5.41, 5.74) is 0.814. The Kier molecular flexibility index (Phi) is 16.5. The van der Waals surface area contributed by atoms with Gasteiger partial charge in [0, 0.05) is 74.3 Å². The zero-order chi connectivity index (χ0) is 47.7. The summed E-state index contributed by atoms with van der Waals surface area (Å²) in [5, 5.41) is 9.65. The van der Waals surface area contributed by atoms with Crippen molar-refractivity contribution in [3.63, 3.8) is 0 Å². The molecule has 0 aliphatic carbocycles. The third kappa shape index (κ3) is 11.9. The summed E-state index contributed by atoms with van der Waals surface area (Å²) in [5.74, 6) is -3.00. The summed E-state index contributed by atoms with van der Waals surface area (Å²) in [6.45, 7) is 6.29. The third-order valence-corrected chi connectivity index (χ3v) is 11.1. The first-order valence-electron chi connectivity index (χ1n) is 20.4. The van der Waals surface area contributed by atoms with Crippen LogP contribution < -0.4 is 9.64 Å². The van der Waals surface area contributed by atoms with Gasteiger partial charge in [0.1, 0.15) is 30.9 Å². The molecule has 5 rings (SSSR count). The van der Waals surface area contributed by atoms with Gasteiger partial charge in [-0.15, -0.1) is 0 Å². The summed E-state index contributed by atoms with van der Waals surface area (Å²) >= 11 is 6.55. The van der Waals surface area contributed by atoms with Gasteiger partial charge in [-0.05, 0) is 36.1 Å². The number of carbonyl (C=O) groups is 7. The molecule has 3 amide bonds. The van der Waals surface area contributed by atoms with Gasteiger partial charge in [0.2, 0.25) is 18.3 Å². The molecule has 2 fully saturated rings. The Labute approximate surface area is 379 Å². The van der Waals surface area contributed by atoms with Crippen molar-refractivity contribution >= 4 is 70.4 Å². The number of aromatic nitrogens is 3. The van der Waals surface area contributed by atoms with Crippen molar-refractivity contribution in [3.05, 3.63) is 47.4 Å². The first-order valence-corrected chi connectivity index (χ1v) is 20.8. The number of amides is 3. The van der Waals surface area contributed by atoms with Crippen LogP contribution in [0.3, 0.4) is 0 Å². The average Bonchev–Trinajstić information content (AvgIpc) is 3.70. The number of hydrogen-bond donors (Lipinski definition) is 0. The SMILES string of the molecule is COC(=O)[C@H]1O[C@@H](Oc2ccc(COC(=O)N(C)CCN(C)C(=O)n3ccc4c(N(C)[C@H]5CN(C(=O)CC#N)CC[C@H]5C)ncnc43)cc2Cl)[C@H](OC(C)=O)[C@@H](OC(C)=O)[C@@H]1OC(C)=O. The van der Waals surface area contributed by atoms with E-state index >= 15 is 0 Å². The number of benzene rings is 1. The smallest absolute Gasteiger partial charge is 0.409 e. The van der Waals surface area contributed by atoms with Crippen molar-refractivity contribution in [3.8, 4) is 11.8 Å². The molecule has 2 saturated heterocycles. The maximum atomic E-state index is 13.6. The van der Waals surface area contributed by atoms with Gasteiger partial charge in [-0.3, -0.25) is 23.7 Å². The predicted octanol–water partition coefficient (Wildman–Crippen LogP) is 2.91. The Morgan fingerprint density at radius 3 is 2.23 bits per heavy atom. The molecule has 1 aromatic carbocycles. The molecule has 2 aromatic heterocycles. The third-order valence-electron chi connectivity index (χ3n) is 10.8. The number of likely N-dealkylation sites (tertiary alicyclic amines) is 1. The van der Waals surface area contributed by atoms with E-state index in [1.54, 1.807) is 24.2 Å². The van der Waals surface area contributed by atoms with E-state index in [1.807, 2.05) is 18.0 Å². The lowest BCUT2D eigenvalue weighted by Gasteiger charge is -2.43. The molecule has 0 spiro atoms. The van der Waals surface area contributed by atoms with E-state index in [2.05, 4.69) is 16.9 Å². The Hall–Kier alpha value is -6.73. The van der Waals surface area contributed by atoms with Gasteiger partial charge in [-0.2, -0.15) is 5.26 Å². The minimum absolute atomic E-state index is 0.0155. The van der Waals surface area contributed by atoms with Crippen molar-refractivity contribution in [1.82, 2.24) is 29.2 Å². The number of ether oxygens (including phenoxy) is 7. The lowest BCUT2D eigenvalue weighted by molar-refractivity contribution is -0.282. The van der Waals surface area contributed by atoms with Crippen LogP contribution in [0.25, 0.3) is 11.0 Å². The molecule has 3 aromatic rings. The lowest BCUT2D eigenvalue weighted by Crippen LogP contribution is -2.64. The molecule has 23 heteroatoms. The zero-order valence-corrected chi connectivity index (χ0v) is 37.9. The molecule has 22 nitrogen and oxygen atoms in total. The number of hydrogen-bond acceptors (Lipinski definition) is 18. The quantitative estimate of drug-likeness (QED) is 0.166. The fraction of sp³-hybridized carbons (Fsp3) is 0.524. The van der Waals surface area contributed by atoms with Gasteiger partial charge in [0.25, 0.3) is 0 Å². The molecule has 0 N–H and O–H groups in total. The number of esters is 4. The van der Waals surface area contributed by atoms with Gasteiger partial charge in [-0.25, -0.2) is 24.4 Å². The van der Waals surface area contributed by atoms with Crippen molar-refractivity contribution in [2.45, 2.75) is 83.9 Å². The van der Waals surface area contributed by atoms with Crippen LogP contribution in [-0.4, -0.2) is 162 Å². The molecule has 0 unspecified atom stereocenters. The average molecular weight is 927 g/mol. The van der Waals surface area contributed by atoms with Gasteiger partial charge in [0.15, 0.2) is 24.0 Å². The van der Waals surface area contributed by atoms with E-state index in [1.165, 1.54) is 45.9 Å². The summed E-state index contributed by atoms with van der Waals surface area (Å²) < 4.78 is 39.4. The van der Waals surface area contributed by atoms with Crippen LogP contribution in [0.15, 0.2) is 36.8 Å². The van der Waals surface area contributed by atoms with Crippen LogP contribution in [0.5, 0.6) is 5.75 Å². The van der Waals surface area contributed by atoms with E-state index in [0.717, 1.165) is 34.3 Å². The van der Waals surface area contributed by atoms with Crippen LogP contribution in [0.1, 0.15) is 46.1 Å². The molecule has 0 saturated carbocycles. The molecular weight excluding hydrogens is 876 g/mol. The number of likely N-dealkylation sites (N-methyl/N-ethyl adjacent to an activating group) is 3. The number of nitrogens with zero attached hydrogens (tertiary/aromatic N) is 8. The number of carbonyl (C=O) groups excluding carboxylic acids is 7. The normalized spacial score (nSPS) is 21.5. The highest BCUT2D eigenvalue weighted by Gasteiger charge is 2.56. The molecular formula is C42H51ClN8O14. The predicted molar refractivity (Wildman–Crippen MR) is 226 cm³/mol. The highest BCUT2D eigenvalue weighted by Crippen LogP contribution is 2.35. The molecule has 4 heterocycles. The summed E-state index contributed by atoms with van der Waals surface area (Å²) in [7, 11) is 6.03. The standard InChI is InChI=1S/C42H51ClN8O14/c1-23-12-15-50(32(55)11-14-44)20-30(23)49(7)37-28-13-16-51(38(28)46-22-45-37)41(57)47(5)17-18-48(6)42(58)60-21-27-9-10-31(29(43)19-27)64-40-36(63-26(4)54)34(62-25(3)53)33(61-24(2)52)35(65-40)39(56)59-8/h9-10,13,16,19,22-23,30,33-36,40H,11-12,15,17-18,20-21H2,1-8H3/t23-,30+,33+,34+,35+,36-,40-/m1/s1. The molecule has 65 heavy (non-hydrogen) atoms. The minimum atomic E-state index is -1.68. The van der Waals surface area contributed by atoms with Crippen LogP contribution >= 0.6 is 11.6 Å². The number of anilines is 1. The summed E-state index contributed by atoms with van der Waals surface area (Å²) in [4.78, 5) is 103. The Balaban J connectivity index is 1.19. The van der Waals surface area contributed by atoms with E-state index in [0.29, 0.717) is 35.5 Å². The number of halogens is 1. The molecule has 7 atom stereocenters. The van der Waals surface area contributed by atoms with E-state index in [4.69, 9.17) is 50.0 Å². The molecule has 2 aliphatic heterocycles. The van der Waals surface area contributed by atoms with Gasteiger partial charge in [0.05, 0.1) is 29.6 Å². The zero-order valence-electron chi connectivity index (χ0n) is 37.1. The minimum Gasteiger partial charge on any atom is -0.467 e. The number of fused-ring (bicyclic) bond motifs is 1. The van der Waals surface area contributed by atoms with Crippen molar-refractivity contribution in [1.29, 1.82) is 5.26 Å². The largest absolute Gasteiger partial charge is 0.467 e. The topological polar surface area (TPSA) is 252 Å². The maximum Gasteiger partial charge on any atom is 0.409 e. The van der Waals surface area contributed by atoms with Crippen molar-refractivity contribution < 1.29 is 66.7 Å². The second-order valence-corrected chi connectivity index (χ2v) is 15.9. The van der Waals surface area contributed by atoms with Crippen LogP contribution in [-0.2, 0) is 59.0 Å². The van der Waals surface area contributed by atoms with E-state index in [-0.39, 0.29) is 54.8 Å². The summed E-state index contributed by atoms with van der Waals surface area (Å²) in [6.07, 6.45) is -5.18. The van der Waals surface area contributed by atoms with Gasteiger partial charge >= 0.3 is 36.0 Å².